The molecular formula is C52H36N2. The first-order chi connectivity index (χ1) is 26.8. The predicted molar refractivity (Wildman–Crippen MR) is 229 cm³/mol. The zero-order chi connectivity index (χ0) is 35.8. The molecule has 2 heteroatoms. The molecule has 9 aromatic carbocycles. The van der Waals surface area contributed by atoms with Gasteiger partial charge in [0.25, 0.3) is 0 Å². The van der Waals surface area contributed by atoms with Crippen LogP contribution in [0, 0.1) is 0 Å². The van der Waals surface area contributed by atoms with Crippen LogP contribution in [0.1, 0.15) is 0 Å². The largest absolute Gasteiger partial charge is 0.309 e. The highest BCUT2D eigenvalue weighted by Gasteiger charge is 2.24. The lowest BCUT2D eigenvalue weighted by Gasteiger charge is -2.29. The SMILES string of the molecule is c1ccc(-c2ccc(N(c3ccccc3)c3cccc4c3c3ccccc3n4-c3ccccc3-c3ccccc3)c(-c3cccc4ccccc34)c2)cc1. The summed E-state index contributed by atoms with van der Waals surface area (Å²) in [5.74, 6) is 0. The van der Waals surface area contributed by atoms with Gasteiger partial charge in [0.1, 0.15) is 0 Å². The van der Waals surface area contributed by atoms with Crippen LogP contribution >= 0.6 is 0 Å². The third-order valence-electron chi connectivity index (χ3n) is 10.6. The molecule has 10 aromatic rings. The second-order valence-corrected chi connectivity index (χ2v) is 13.7. The van der Waals surface area contributed by atoms with Crippen molar-refractivity contribution in [1.82, 2.24) is 4.57 Å². The molecule has 1 heterocycles. The minimum atomic E-state index is 1.10. The van der Waals surface area contributed by atoms with Gasteiger partial charge in [0.2, 0.25) is 0 Å². The molecule has 0 N–H and O–H groups in total. The molecule has 0 saturated carbocycles. The van der Waals surface area contributed by atoms with Gasteiger partial charge in [-0.25, -0.2) is 0 Å². The van der Waals surface area contributed by atoms with E-state index in [1.807, 2.05) is 0 Å². The molecule has 0 radical (unpaired) electrons. The Balaban J connectivity index is 1.29. The molecule has 10 rings (SSSR count). The summed E-state index contributed by atoms with van der Waals surface area (Å²) in [6, 6.07) is 78.9. The minimum Gasteiger partial charge on any atom is -0.309 e. The van der Waals surface area contributed by atoms with Crippen LogP contribution in [0.3, 0.4) is 0 Å². The second kappa shape index (κ2) is 13.4. The molecule has 254 valence electrons. The summed E-state index contributed by atoms with van der Waals surface area (Å²) in [6.45, 7) is 0. The molecule has 0 aliphatic rings. The third-order valence-corrected chi connectivity index (χ3v) is 10.6. The molecule has 0 saturated heterocycles. The summed E-state index contributed by atoms with van der Waals surface area (Å²) < 4.78 is 2.45. The van der Waals surface area contributed by atoms with E-state index in [1.165, 1.54) is 60.4 Å². The van der Waals surface area contributed by atoms with Crippen LogP contribution in [0.4, 0.5) is 17.1 Å². The highest BCUT2D eigenvalue weighted by atomic mass is 15.2. The van der Waals surface area contributed by atoms with Crippen LogP contribution in [-0.4, -0.2) is 4.57 Å². The summed E-state index contributed by atoms with van der Waals surface area (Å²) in [6.07, 6.45) is 0. The quantitative estimate of drug-likeness (QED) is 0.162. The molecule has 0 atom stereocenters. The average Bonchev–Trinajstić information content (AvgIpc) is 3.59. The number of aromatic nitrogens is 1. The molecule has 0 unspecified atom stereocenters. The van der Waals surface area contributed by atoms with E-state index in [9.17, 15) is 0 Å². The number of para-hydroxylation sites is 3. The first kappa shape index (κ1) is 31.6. The monoisotopic (exact) mass is 688 g/mol. The van der Waals surface area contributed by atoms with Crippen molar-refractivity contribution in [3.63, 3.8) is 0 Å². The Hall–Kier alpha value is -7.16. The van der Waals surface area contributed by atoms with Crippen molar-refractivity contribution < 1.29 is 0 Å². The molecular weight excluding hydrogens is 653 g/mol. The Labute approximate surface area is 315 Å². The summed E-state index contributed by atoms with van der Waals surface area (Å²) >= 11 is 0. The van der Waals surface area contributed by atoms with Crippen molar-refractivity contribution in [1.29, 1.82) is 0 Å². The van der Waals surface area contributed by atoms with Crippen LogP contribution < -0.4 is 4.90 Å². The Kier molecular flexibility index (Phi) is 7.85. The third kappa shape index (κ3) is 5.36. The topological polar surface area (TPSA) is 8.17 Å². The maximum absolute atomic E-state index is 2.47. The summed E-state index contributed by atoms with van der Waals surface area (Å²) in [7, 11) is 0. The average molecular weight is 689 g/mol. The van der Waals surface area contributed by atoms with Gasteiger partial charge >= 0.3 is 0 Å². The Bertz CT molecular complexity index is 2920. The number of anilines is 3. The summed E-state index contributed by atoms with van der Waals surface area (Å²) in [4.78, 5) is 2.47. The first-order valence-electron chi connectivity index (χ1n) is 18.5. The molecule has 0 aliphatic carbocycles. The van der Waals surface area contributed by atoms with Crippen molar-refractivity contribution in [2.24, 2.45) is 0 Å². The zero-order valence-electron chi connectivity index (χ0n) is 29.7. The molecule has 2 nitrogen and oxygen atoms in total. The maximum atomic E-state index is 2.47. The van der Waals surface area contributed by atoms with Crippen LogP contribution in [0.5, 0.6) is 0 Å². The fourth-order valence-corrected chi connectivity index (χ4v) is 8.18. The molecule has 0 bridgehead atoms. The maximum Gasteiger partial charge on any atom is 0.0562 e. The lowest BCUT2D eigenvalue weighted by atomic mass is 9.92. The van der Waals surface area contributed by atoms with Crippen LogP contribution in [0.15, 0.2) is 218 Å². The highest BCUT2D eigenvalue weighted by Crippen LogP contribution is 2.48. The van der Waals surface area contributed by atoms with Crippen molar-refractivity contribution in [3.8, 4) is 39.1 Å². The van der Waals surface area contributed by atoms with E-state index in [0.717, 1.165) is 28.3 Å². The Morgan fingerprint density at radius 3 is 1.74 bits per heavy atom. The first-order valence-corrected chi connectivity index (χ1v) is 18.5. The van der Waals surface area contributed by atoms with Gasteiger partial charge in [-0.3, -0.25) is 0 Å². The number of hydrogen-bond acceptors (Lipinski definition) is 1. The van der Waals surface area contributed by atoms with E-state index in [-0.39, 0.29) is 0 Å². The van der Waals surface area contributed by atoms with Crippen LogP contribution in [0.2, 0.25) is 0 Å². The number of rotatable bonds is 7. The molecule has 0 amide bonds. The molecule has 0 aliphatic heterocycles. The Morgan fingerprint density at radius 1 is 0.333 bits per heavy atom. The highest BCUT2D eigenvalue weighted by molar-refractivity contribution is 6.17. The Morgan fingerprint density at radius 2 is 0.926 bits per heavy atom. The van der Waals surface area contributed by atoms with Gasteiger partial charge in [0.05, 0.1) is 28.1 Å². The number of fused-ring (bicyclic) bond motifs is 4. The molecule has 1 aromatic heterocycles. The van der Waals surface area contributed by atoms with Crippen LogP contribution in [-0.2, 0) is 0 Å². The van der Waals surface area contributed by atoms with E-state index >= 15 is 0 Å². The predicted octanol–water partition coefficient (Wildman–Crippen LogP) is 14.4. The second-order valence-electron chi connectivity index (χ2n) is 13.7. The molecule has 54 heavy (non-hydrogen) atoms. The standard InChI is InChI=1S/C52H36N2/c1-4-18-37(19-5-1)40-34-35-49(46(36-40)44-29-16-23-38-22-10-11-26-42(38)44)53(41-24-8-3-9-25-41)50-32-17-33-51-52(50)45-28-13-15-31-48(45)54(51)47-30-14-12-27-43(47)39-20-6-2-7-21-39/h1-36H. The van der Waals surface area contributed by atoms with Gasteiger partial charge < -0.3 is 9.47 Å². The normalized spacial score (nSPS) is 11.3. The van der Waals surface area contributed by atoms with E-state index in [4.69, 9.17) is 0 Å². The fourth-order valence-electron chi connectivity index (χ4n) is 8.18. The van der Waals surface area contributed by atoms with E-state index in [0.29, 0.717) is 0 Å². The zero-order valence-corrected chi connectivity index (χ0v) is 29.7. The number of benzene rings is 9. The van der Waals surface area contributed by atoms with Crippen LogP contribution in [0.25, 0.3) is 71.6 Å². The van der Waals surface area contributed by atoms with Gasteiger partial charge in [0, 0.05) is 27.6 Å². The molecule has 0 spiro atoms. The lowest BCUT2D eigenvalue weighted by Crippen LogP contribution is -2.12. The smallest absolute Gasteiger partial charge is 0.0562 e. The lowest BCUT2D eigenvalue weighted by molar-refractivity contribution is 1.18. The van der Waals surface area contributed by atoms with Gasteiger partial charge in [-0.05, 0) is 81.6 Å². The van der Waals surface area contributed by atoms with Gasteiger partial charge in [-0.2, -0.15) is 0 Å². The van der Waals surface area contributed by atoms with Gasteiger partial charge in [-0.1, -0.05) is 170 Å². The van der Waals surface area contributed by atoms with Crippen molar-refractivity contribution in [3.05, 3.63) is 218 Å². The van der Waals surface area contributed by atoms with E-state index < -0.39 is 0 Å². The summed E-state index contributed by atoms with van der Waals surface area (Å²) in [5.41, 5.74) is 14.0. The van der Waals surface area contributed by atoms with E-state index in [1.54, 1.807) is 0 Å². The minimum absolute atomic E-state index is 1.10. The van der Waals surface area contributed by atoms with Gasteiger partial charge in [-0.15, -0.1) is 0 Å². The summed E-state index contributed by atoms with van der Waals surface area (Å²) in [5, 5.41) is 4.86. The van der Waals surface area contributed by atoms with E-state index in [2.05, 4.69) is 228 Å². The van der Waals surface area contributed by atoms with Crippen molar-refractivity contribution >= 4 is 49.6 Å². The number of nitrogens with zero attached hydrogens (tertiary/aromatic N) is 2. The van der Waals surface area contributed by atoms with Gasteiger partial charge in [0.15, 0.2) is 0 Å². The van der Waals surface area contributed by atoms with Crippen molar-refractivity contribution in [2.75, 3.05) is 4.90 Å². The number of hydrogen-bond donors (Lipinski definition) is 0. The molecule has 0 fully saturated rings. The van der Waals surface area contributed by atoms with Crippen molar-refractivity contribution in [2.45, 2.75) is 0 Å². The fraction of sp³-hybridized carbons (Fsp3) is 0.